The van der Waals surface area contributed by atoms with Gasteiger partial charge in [0.15, 0.2) is 5.60 Å². The fraction of sp³-hybridized carbons (Fsp3) is 0.375. The van der Waals surface area contributed by atoms with Gasteiger partial charge in [-0.25, -0.2) is 14.2 Å². The number of halogens is 1. The molecule has 0 fully saturated rings. The summed E-state index contributed by atoms with van der Waals surface area (Å²) in [6.45, 7) is 7.64. The predicted octanol–water partition coefficient (Wildman–Crippen LogP) is 3.65. The highest BCUT2D eigenvalue weighted by molar-refractivity contribution is 5.89. The number of aromatic nitrogens is 2. The molecule has 2 aromatic heterocycles. The van der Waals surface area contributed by atoms with E-state index in [1.807, 2.05) is 19.9 Å². The van der Waals surface area contributed by atoms with Gasteiger partial charge < -0.3 is 14.4 Å². The Balaban J connectivity index is 1.80. The lowest BCUT2D eigenvalue weighted by Gasteiger charge is -2.31. The van der Waals surface area contributed by atoms with Gasteiger partial charge in [-0.15, -0.1) is 0 Å². The van der Waals surface area contributed by atoms with Gasteiger partial charge in [-0.05, 0) is 42.5 Å². The van der Waals surface area contributed by atoms with Gasteiger partial charge in [-0.2, -0.15) is 0 Å². The van der Waals surface area contributed by atoms with Gasteiger partial charge >= 0.3 is 5.97 Å². The number of fused-ring (bicyclic) bond motifs is 5. The fourth-order valence-corrected chi connectivity index (χ4v) is 4.96. The monoisotopic (exact) mass is 422 g/mol. The second kappa shape index (κ2) is 6.47. The Morgan fingerprint density at radius 1 is 1.29 bits per heavy atom. The molecule has 0 amide bonds. The molecule has 2 aliphatic rings. The van der Waals surface area contributed by atoms with Crippen LogP contribution in [0.25, 0.3) is 22.3 Å². The molecule has 0 unspecified atom stereocenters. The number of esters is 1. The Kier molecular flexibility index (Phi) is 4.15. The molecule has 1 atom stereocenters. The van der Waals surface area contributed by atoms with Crippen molar-refractivity contribution in [1.82, 2.24) is 9.55 Å². The van der Waals surface area contributed by atoms with E-state index in [0.717, 1.165) is 16.5 Å². The summed E-state index contributed by atoms with van der Waals surface area (Å²) >= 11 is 0. The Morgan fingerprint density at radius 3 is 2.71 bits per heavy atom. The smallest absolute Gasteiger partial charge is 0.343 e. The summed E-state index contributed by atoms with van der Waals surface area (Å²) < 4.78 is 21.3. The molecule has 0 aliphatic carbocycles. The van der Waals surface area contributed by atoms with E-state index >= 15 is 0 Å². The van der Waals surface area contributed by atoms with E-state index in [-0.39, 0.29) is 41.4 Å². The number of rotatable bonds is 2. The predicted molar refractivity (Wildman–Crippen MR) is 113 cm³/mol. The first-order valence-corrected chi connectivity index (χ1v) is 10.5. The number of nitrogens with zero attached hydrogens (tertiary/aromatic N) is 2. The minimum atomic E-state index is -1.87. The first-order chi connectivity index (χ1) is 14.7. The van der Waals surface area contributed by atoms with Crippen LogP contribution < -0.4 is 5.56 Å². The molecule has 0 radical (unpaired) electrons. The summed E-state index contributed by atoms with van der Waals surface area (Å²) in [5.74, 6) is -0.956. The quantitative estimate of drug-likeness (QED) is 0.499. The van der Waals surface area contributed by atoms with Crippen molar-refractivity contribution in [3.05, 3.63) is 62.2 Å². The standard InChI is InChI=1S/C24H23FN2O4/c1-5-24(30)16-7-19-21-13(9-27(19)22(28)15(16)10-31-23(24)29)6-14-18(26-21)8-17(25)12(4)20(14)11(2)3/h6-8,11,30H,5,9-10H2,1-4H3/t24-/m0/s1. The van der Waals surface area contributed by atoms with Crippen LogP contribution in [0.2, 0.25) is 0 Å². The van der Waals surface area contributed by atoms with Crippen molar-refractivity contribution < 1.29 is 19.0 Å². The second-order valence-electron chi connectivity index (χ2n) is 8.72. The van der Waals surface area contributed by atoms with Crippen molar-refractivity contribution in [2.24, 2.45) is 0 Å². The number of cyclic esters (lactones) is 1. The highest BCUT2D eigenvalue weighted by Gasteiger charge is 2.45. The fourth-order valence-electron chi connectivity index (χ4n) is 4.96. The van der Waals surface area contributed by atoms with Gasteiger partial charge in [0.2, 0.25) is 0 Å². The summed E-state index contributed by atoms with van der Waals surface area (Å²) in [6.07, 6.45) is 0.0853. The van der Waals surface area contributed by atoms with E-state index in [4.69, 9.17) is 9.72 Å². The average Bonchev–Trinajstić information content (AvgIpc) is 3.08. The molecular weight excluding hydrogens is 399 g/mol. The van der Waals surface area contributed by atoms with Crippen molar-refractivity contribution >= 4 is 16.9 Å². The van der Waals surface area contributed by atoms with E-state index in [2.05, 4.69) is 0 Å². The summed E-state index contributed by atoms with van der Waals surface area (Å²) in [7, 11) is 0. The second-order valence-corrected chi connectivity index (χ2v) is 8.72. The molecule has 6 nitrogen and oxygen atoms in total. The molecule has 1 N–H and O–H groups in total. The van der Waals surface area contributed by atoms with E-state index in [9.17, 15) is 19.1 Å². The minimum Gasteiger partial charge on any atom is -0.458 e. The van der Waals surface area contributed by atoms with Crippen LogP contribution in [0.4, 0.5) is 4.39 Å². The van der Waals surface area contributed by atoms with Gasteiger partial charge in [-0.3, -0.25) is 4.79 Å². The number of hydrogen-bond acceptors (Lipinski definition) is 5. The third-order valence-electron chi connectivity index (χ3n) is 6.64. The van der Waals surface area contributed by atoms with E-state index in [1.165, 1.54) is 6.07 Å². The lowest BCUT2D eigenvalue weighted by atomic mass is 9.86. The van der Waals surface area contributed by atoms with E-state index < -0.39 is 11.6 Å². The number of carbonyl (C=O) groups is 1. The number of carbonyl (C=O) groups excluding carboxylic acids is 1. The van der Waals surface area contributed by atoms with Crippen LogP contribution in [0.5, 0.6) is 0 Å². The zero-order valence-corrected chi connectivity index (χ0v) is 17.9. The van der Waals surface area contributed by atoms with Crippen molar-refractivity contribution in [3.63, 3.8) is 0 Å². The maximum absolute atomic E-state index is 14.6. The van der Waals surface area contributed by atoms with Gasteiger partial charge in [-0.1, -0.05) is 20.8 Å². The number of benzene rings is 1. The van der Waals surface area contributed by atoms with Gasteiger partial charge in [0.1, 0.15) is 12.4 Å². The summed E-state index contributed by atoms with van der Waals surface area (Å²) in [4.78, 5) is 30.2. The third-order valence-corrected chi connectivity index (χ3v) is 6.64. The number of pyridine rings is 2. The molecule has 1 aromatic carbocycles. The van der Waals surface area contributed by atoms with Crippen molar-refractivity contribution in [3.8, 4) is 11.4 Å². The van der Waals surface area contributed by atoms with Crippen molar-refractivity contribution in [1.29, 1.82) is 0 Å². The molecule has 160 valence electrons. The SMILES string of the molecule is CC[C@@]1(O)C(=O)OCc2c1cc1n(c2=O)Cc2cc3c(C(C)C)c(C)c(F)cc3nc2-1. The molecule has 0 saturated carbocycles. The van der Waals surface area contributed by atoms with Gasteiger partial charge in [0, 0.05) is 22.6 Å². The molecule has 2 aliphatic heterocycles. The van der Waals surface area contributed by atoms with Gasteiger partial charge in [0.25, 0.3) is 5.56 Å². The zero-order valence-electron chi connectivity index (χ0n) is 17.9. The number of aliphatic hydroxyl groups is 1. The average molecular weight is 422 g/mol. The van der Waals surface area contributed by atoms with E-state index in [1.54, 1.807) is 24.5 Å². The van der Waals surface area contributed by atoms with E-state index in [0.29, 0.717) is 29.0 Å². The van der Waals surface area contributed by atoms with Crippen LogP contribution in [0.15, 0.2) is 23.0 Å². The van der Waals surface area contributed by atoms with Crippen molar-refractivity contribution in [2.45, 2.75) is 58.8 Å². The van der Waals surface area contributed by atoms with Crippen LogP contribution in [0, 0.1) is 12.7 Å². The molecule has 5 rings (SSSR count). The number of hydrogen-bond donors (Lipinski definition) is 1. The Labute approximate surface area is 178 Å². The Bertz CT molecular complexity index is 1360. The maximum atomic E-state index is 14.6. The van der Waals surface area contributed by atoms with Crippen LogP contribution in [0.3, 0.4) is 0 Å². The highest BCUT2D eigenvalue weighted by Crippen LogP contribution is 2.40. The van der Waals surface area contributed by atoms with Crippen molar-refractivity contribution in [2.75, 3.05) is 0 Å². The Morgan fingerprint density at radius 2 is 2.03 bits per heavy atom. The molecule has 3 aromatic rings. The molecule has 7 heteroatoms. The number of ether oxygens (including phenoxy) is 1. The minimum absolute atomic E-state index is 0.0853. The van der Waals surface area contributed by atoms with Crippen LogP contribution in [-0.2, 0) is 28.3 Å². The summed E-state index contributed by atoms with van der Waals surface area (Å²) in [5, 5.41) is 11.8. The first kappa shape index (κ1) is 19.9. The summed E-state index contributed by atoms with van der Waals surface area (Å²) in [6, 6.07) is 5.08. The van der Waals surface area contributed by atoms with Crippen LogP contribution >= 0.6 is 0 Å². The van der Waals surface area contributed by atoms with Crippen LogP contribution in [0.1, 0.15) is 60.9 Å². The van der Waals surface area contributed by atoms with Crippen LogP contribution in [-0.4, -0.2) is 20.6 Å². The first-order valence-electron chi connectivity index (χ1n) is 10.5. The van der Waals surface area contributed by atoms with Gasteiger partial charge in [0.05, 0.1) is 29.0 Å². The molecule has 4 heterocycles. The highest BCUT2D eigenvalue weighted by atomic mass is 19.1. The largest absolute Gasteiger partial charge is 0.458 e. The third kappa shape index (κ3) is 2.56. The maximum Gasteiger partial charge on any atom is 0.343 e. The lowest BCUT2D eigenvalue weighted by molar-refractivity contribution is -0.172. The molecule has 31 heavy (non-hydrogen) atoms. The zero-order chi connectivity index (χ0) is 22.2. The lowest BCUT2D eigenvalue weighted by Crippen LogP contribution is -2.44. The normalized spacial score (nSPS) is 19.4. The topological polar surface area (TPSA) is 81.4 Å². The molecular formula is C24H23FN2O4. The summed E-state index contributed by atoms with van der Waals surface area (Å²) in [5.41, 5.74) is 2.38. The Hall–Kier alpha value is -3.06. The molecule has 0 bridgehead atoms. The molecule has 0 saturated heterocycles. The molecule has 0 spiro atoms.